The molecular formula is C47H33NS. The van der Waals surface area contributed by atoms with Crippen LogP contribution in [-0.2, 0) is 5.41 Å². The van der Waals surface area contributed by atoms with E-state index in [4.69, 9.17) is 0 Å². The molecule has 0 saturated carbocycles. The summed E-state index contributed by atoms with van der Waals surface area (Å²) in [7, 11) is 0. The Morgan fingerprint density at radius 2 is 1.12 bits per heavy atom. The van der Waals surface area contributed by atoms with Crippen LogP contribution < -0.4 is 4.90 Å². The van der Waals surface area contributed by atoms with Gasteiger partial charge in [0.2, 0.25) is 0 Å². The number of benzene rings is 8. The third-order valence-electron chi connectivity index (χ3n) is 10.7. The molecule has 0 bridgehead atoms. The third kappa shape index (κ3) is 4.31. The van der Waals surface area contributed by atoms with Crippen LogP contribution in [-0.4, -0.2) is 0 Å². The second kappa shape index (κ2) is 10.7. The zero-order valence-corrected chi connectivity index (χ0v) is 28.3. The molecule has 0 amide bonds. The molecule has 0 radical (unpaired) electrons. The molecule has 1 aliphatic carbocycles. The maximum atomic E-state index is 2.45. The van der Waals surface area contributed by atoms with Crippen molar-refractivity contribution in [1.82, 2.24) is 0 Å². The summed E-state index contributed by atoms with van der Waals surface area (Å²) in [6, 6.07) is 60.7. The number of hydrogen-bond acceptors (Lipinski definition) is 2. The van der Waals surface area contributed by atoms with Crippen LogP contribution in [0.4, 0.5) is 17.1 Å². The van der Waals surface area contributed by atoms with Gasteiger partial charge in [0.1, 0.15) is 0 Å². The standard InChI is InChI=1S/C47H33NS/c1-47(2)42-15-7-5-12-37(42)38-26-24-34(29-43(38)47)48(44-16-9-14-36-35-11-4-3-10-31(35)20-25-39(36)44)33-22-18-30(19-23-33)32-21-27-46-41(28-32)40-13-6-8-17-45(40)49-46/h3-29H,1-2H3. The van der Waals surface area contributed by atoms with E-state index in [1.807, 2.05) is 11.3 Å². The maximum absolute atomic E-state index is 2.45. The second-order valence-corrected chi connectivity index (χ2v) is 14.8. The van der Waals surface area contributed by atoms with Gasteiger partial charge in [-0.2, -0.15) is 0 Å². The summed E-state index contributed by atoms with van der Waals surface area (Å²) >= 11 is 1.87. The Morgan fingerprint density at radius 1 is 0.429 bits per heavy atom. The third-order valence-corrected chi connectivity index (χ3v) is 11.8. The van der Waals surface area contributed by atoms with Crippen LogP contribution >= 0.6 is 11.3 Å². The van der Waals surface area contributed by atoms with E-state index in [1.54, 1.807) is 0 Å². The van der Waals surface area contributed by atoms with Crippen molar-refractivity contribution in [2.24, 2.45) is 0 Å². The molecule has 232 valence electrons. The van der Waals surface area contributed by atoms with Crippen LogP contribution in [0.15, 0.2) is 164 Å². The summed E-state index contributed by atoms with van der Waals surface area (Å²) < 4.78 is 2.67. The van der Waals surface area contributed by atoms with Gasteiger partial charge in [-0.05, 0) is 98.1 Å². The van der Waals surface area contributed by atoms with Crippen molar-refractivity contribution in [2.45, 2.75) is 19.3 Å². The Kier molecular flexibility index (Phi) is 6.16. The van der Waals surface area contributed by atoms with E-state index in [-0.39, 0.29) is 5.41 Å². The topological polar surface area (TPSA) is 3.24 Å². The molecule has 1 nitrogen and oxygen atoms in total. The smallest absolute Gasteiger partial charge is 0.0540 e. The van der Waals surface area contributed by atoms with Gasteiger partial charge in [-0.25, -0.2) is 0 Å². The fourth-order valence-electron chi connectivity index (χ4n) is 8.19. The van der Waals surface area contributed by atoms with Crippen LogP contribution in [0, 0.1) is 0 Å². The first-order valence-electron chi connectivity index (χ1n) is 17.0. The summed E-state index contributed by atoms with van der Waals surface area (Å²) in [5.41, 5.74) is 11.3. The molecule has 49 heavy (non-hydrogen) atoms. The van der Waals surface area contributed by atoms with Crippen molar-refractivity contribution < 1.29 is 0 Å². The SMILES string of the molecule is CC1(C)c2ccccc2-c2ccc(N(c3ccc(-c4ccc5sc6ccccc6c5c4)cc3)c3cccc4c3ccc3ccccc34)cc21. The van der Waals surface area contributed by atoms with Gasteiger partial charge in [0.25, 0.3) is 0 Å². The summed E-state index contributed by atoms with van der Waals surface area (Å²) in [6.45, 7) is 4.72. The van der Waals surface area contributed by atoms with Crippen molar-refractivity contribution in [2.75, 3.05) is 4.90 Å². The van der Waals surface area contributed by atoms with Crippen molar-refractivity contribution in [3.63, 3.8) is 0 Å². The molecule has 10 rings (SSSR count). The van der Waals surface area contributed by atoms with E-state index in [0.29, 0.717) is 0 Å². The lowest BCUT2D eigenvalue weighted by molar-refractivity contribution is 0.660. The number of hydrogen-bond donors (Lipinski definition) is 0. The molecule has 2 heteroatoms. The van der Waals surface area contributed by atoms with Crippen molar-refractivity contribution in [1.29, 1.82) is 0 Å². The Labute approximate surface area is 290 Å². The minimum absolute atomic E-state index is 0.0864. The Morgan fingerprint density at radius 3 is 2.02 bits per heavy atom. The molecule has 0 spiro atoms. The fourth-order valence-corrected chi connectivity index (χ4v) is 9.27. The van der Waals surface area contributed by atoms with Crippen LogP contribution in [0.1, 0.15) is 25.0 Å². The first-order valence-corrected chi connectivity index (χ1v) is 17.8. The molecule has 0 aliphatic heterocycles. The predicted octanol–water partition coefficient (Wildman–Crippen LogP) is 13.8. The normalized spacial score (nSPS) is 13.3. The Bertz CT molecular complexity index is 2750. The van der Waals surface area contributed by atoms with E-state index in [2.05, 4.69) is 183 Å². The number of thiophene rings is 1. The molecule has 0 atom stereocenters. The van der Waals surface area contributed by atoms with Crippen molar-refractivity contribution in [3.05, 3.63) is 175 Å². The highest BCUT2D eigenvalue weighted by molar-refractivity contribution is 7.25. The van der Waals surface area contributed by atoms with Crippen LogP contribution in [0.5, 0.6) is 0 Å². The minimum atomic E-state index is -0.0864. The second-order valence-electron chi connectivity index (χ2n) is 13.8. The molecule has 1 aliphatic rings. The van der Waals surface area contributed by atoms with Gasteiger partial charge in [-0.15, -0.1) is 11.3 Å². The van der Waals surface area contributed by atoms with E-state index in [9.17, 15) is 0 Å². The van der Waals surface area contributed by atoms with Gasteiger partial charge in [0.05, 0.1) is 5.69 Å². The number of nitrogens with zero attached hydrogens (tertiary/aromatic N) is 1. The van der Waals surface area contributed by atoms with Gasteiger partial charge >= 0.3 is 0 Å². The number of anilines is 3. The van der Waals surface area contributed by atoms with E-state index in [0.717, 1.165) is 5.69 Å². The number of fused-ring (bicyclic) bond motifs is 9. The van der Waals surface area contributed by atoms with Crippen molar-refractivity contribution >= 4 is 70.1 Å². The summed E-state index contributed by atoms with van der Waals surface area (Å²) in [5, 5.41) is 7.70. The van der Waals surface area contributed by atoms with E-state index in [1.165, 1.54) is 86.5 Å². The van der Waals surface area contributed by atoms with Gasteiger partial charge in [0, 0.05) is 42.3 Å². The molecule has 0 saturated heterocycles. The minimum Gasteiger partial charge on any atom is -0.310 e. The van der Waals surface area contributed by atoms with Crippen molar-refractivity contribution in [3.8, 4) is 22.3 Å². The summed E-state index contributed by atoms with van der Waals surface area (Å²) in [5.74, 6) is 0. The van der Waals surface area contributed by atoms with Crippen LogP contribution in [0.3, 0.4) is 0 Å². The first kappa shape index (κ1) is 28.3. The lowest BCUT2D eigenvalue weighted by Gasteiger charge is -2.29. The molecule has 0 fully saturated rings. The quantitative estimate of drug-likeness (QED) is 0.173. The monoisotopic (exact) mass is 643 g/mol. The number of rotatable bonds is 4. The first-order chi connectivity index (χ1) is 24.0. The van der Waals surface area contributed by atoms with E-state index >= 15 is 0 Å². The lowest BCUT2D eigenvalue weighted by atomic mass is 9.82. The summed E-state index contributed by atoms with van der Waals surface area (Å²) in [6.07, 6.45) is 0. The molecule has 1 heterocycles. The lowest BCUT2D eigenvalue weighted by Crippen LogP contribution is -2.16. The molecule has 8 aromatic carbocycles. The average molecular weight is 644 g/mol. The van der Waals surface area contributed by atoms with Gasteiger partial charge < -0.3 is 4.90 Å². The zero-order chi connectivity index (χ0) is 32.7. The Balaban J connectivity index is 1.15. The highest BCUT2D eigenvalue weighted by atomic mass is 32.1. The highest BCUT2D eigenvalue weighted by Crippen LogP contribution is 2.51. The fraction of sp³-hybridized carbons (Fsp3) is 0.0638. The van der Waals surface area contributed by atoms with Gasteiger partial charge in [-0.1, -0.05) is 129 Å². The van der Waals surface area contributed by atoms with Crippen LogP contribution in [0.2, 0.25) is 0 Å². The maximum Gasteiger partial charge on any atom is 0.0540 e. The average Bonchev–Trinajstić information content (AvgIpc) is 3.63. The van der Waals surface area contributed by atoms with E-state index < -0.39 is 0 Å². The predicted molar refractivity (Wildman–Crippen MR) is 212 cm³/mol. The summed E-state index contributed by atoms with van der Waals surface area (Å²) in [4.78, 5) is 2.45. The molecule has 9 aromatic rings. The molecular weight excluding hydrogens is 611 g/mol. The molecule has 0 unspecified atom stereocenters. The highest BCUT2D eigenvalue weighted by Gasteiger charge is 2.35. The van der Waals surface area contributed by atoms with Gasteiger partial charge in [0.15, 0.2) is 0 Å². The zero-order valence-electron chi connectivity index (χ0n) is 27.4. The molecule has 1 aromatic heterocycles. The van der Waals surface area contributed by atoms with Gasteiger partial charge in [-0.3, -0.25) is 0 Å². The largest absolute Gasteiger partial charge is 0.310 e. The van der Waals surface area contributed by atoms with Crippen LogP contribution in [0.25, 0.3) is 64.0 Å². The Hall–Kier alpha value is -5.70. The molecule has 0 N–H and O–H groups in total.